The van der Waals surface area contributed by atoms with Crippen molar-refractivity contribution in [3.63, 3.8) is 0 Å². The van der Waals surface area contributed by atoms with Gasteiger partial charge in [0.2, 0.25) is 0 Å². The highest BCUT2D eigenvalue weighted by Gasteiger charge is 2.48. The summed E-state index contributed by atoms with van der Waals surface area (Å²) < 4.78 is 12.0. The molecule has 0 aromatic heterocycles. The quantitative estimate of drug-likeness (QED) is 0.918. The minimum atomic E-state index is -0.294. The van der Waals surface area contributed by atoms with Gasteiger partial charge in [-0.05, 0) is 30.7 Å². The van der Waals surface area contributed by atoms with E-state index < -0.39 is 0 Å². The zero-order chi connectivity index (χ0) is 13.4. The lowest BCUT2D eigenvalue weighted by atomic mass is 9.87. The van der Waals surface area contributed by atoms with Crippen LogP contribution in [0.1, 0.15) is 31.2 Å². The fourth-order valence-corrected chi connectivity index (χ4v) is 3.78. The van der Waals surface area contributed by atoms with Crippen LogP contribution in [0.3, 0.4) is 0 Å². The Balaban J connectivity index is 1.49. The van der Waals surface area contributed by atoms with Crippen molar-refractivity contribution in [3.8, 4) is 0 Å². The molecule has 1 aromatic rings. The van der Waals surface area contributed by atoms with Gasteiger partial charge in [-0.1, -0.05) is 30.3 Å². The highest BCUT2D eigenvalue weighted by Crippen LogP contribution is 2.42. The lowest BCUT2D eigenvalue weighted by molar-refractivity contribution is -0.189. The van der Waals surface area contributed by atoms with Crippen molar-refractivity contribution < 1.29 is 9.47 Å². The molecule has 1 aliphatic carbocycles. The first kappa shape index (κ1) is 12.8. The Morgan fingerprint density at radius 1 is 1.05 bits per heavy atom. The van der Waals surface area contributed by atoms with Crippen molar-refractivity contribution in [3.05, 3.63) is 35.9 Å². The highest BCUT2D eigenvalue weighted by atomic mass is 16.7. The zero-order valence-corrected chi connectivity index (χ0v) is 11.9. The van der Waals surface area contributed by atoms with Crippen LogP contribution < -0.4 is 5.32 Å². The second-order valence-electron chi connectivity index (χ2n) is 6.51. The fourth-order valence-electron chi connectivity index (χ4n) is 3.78. The maximum Gasteiger partial charge on any atom is 0.171 e. The van der Waals surface area contributed by atoms with Gasteiger partial charge in [-0.3, -0.25) is 0 Å². The summed E-state index contributed by atoms with van der Waals surface area (Å²) in [4.78, 5) is 0. The van der Waals surface area contributed by atoms with E-state index in [1.165, 1.54) is 18.4 Å². The van der Waals surface area contributed by atoms with Gasteiger partial charge in [0.25, 0.3) is 0 Å². The molecule has 20 heavy (non-hydrogen) atoms. The first-order valence-corrected chi connectivity index (χ1v) is 7.91. The summed E-state index contributed by atoms with van der Waals surface area (Å²) >= 11 is 0. The number of piperidine rings is 1. The third-order valence-corrected chi connectivity index (χ3v) is 4.87. The predicted octanol–water partition coefficient (Wildman–Crippen LogP) is 2.50. The van der Waals surface area contributed by atoms with Gasteiger partial charge in [0.1, 0.15) is 0 Å². The molecule has 2 heterocycles. The smallest absolute Gasteiger partial charge is 0.171 e. The molecule has 1 spiro atoms. The van der Waals surface area contributed by atoms with Crippen LogP contribution in [0.5, 0.6) is 0 Å². The molecule has 1 saturated carbocycles. The van der Waals surface area contributed by atoms with Crippen LogP contribution in [0.2, 0.25) is 0 Å². The van der Waals surface area contributed by atoms with Crippen LogP contribution in [0.4, 0.5) is 0 Å². The lowest BCUT2D eigenvalue weighted by Crippen LogP contribution is -2.55. The van der Waals surface area contributed by atoms with Crippen LogP contribution >= 0.6 is 0 Å². The minimum Gasteiger partial charge on any atom is -0.347 e. The second kappa shape index (κ2) is 5.14. The topological polar surface area (TPSA) is 30.5 Å². The summed E-state index contributed by atoms with van der Waals surface area (Å²) in [5.41, 5.74) is 1.40. The molecule has 3 heteroatoms. The average molecular weight is 273 g/mol. The van der Waals surface area contributed by atoms with Gasteiger partial charge >= 0.3 is 0 Å². The van der Waals surface area contributed by atoms with Crippen LogP contribution in [-0.2, 0) is 15.9 Å². The van der Waals surface area contributed by atoms with Crippen molar-refractivity contribution in [1.82, 2.24) is 5.32 Å². The Hall–Kier alpha value is -0.900. The van der Waals surface area contributed by atoms with Gasteiger partial charge in [-0.25, -0.2) is 0 Å². The first-order chi connectivity index (χ1) is 9.83. The molecule has 3 nitrogen and oxygen atoms in total. The molecule has 3 aliphatic rings. The van der Waals surface area contributed by atoms with E-state index in [1.807, 2.05) is 0 Å². The Morgan fingerprint density at radius 3 is 2.50 bits per heavy atom. The maximum atomic E-state index is 6.00. The Morgan fingerprint density at radius 2 is 1.80 bits per heavy atom. The van der Waals surface area contributed by atoms with E-state index in [4.69, 9.17) is 9.47 Å². The molecule has 0 radical (unpaired) electrons. The molecule has 1 aromatic carbocycles. The number of benzene rings is 1. The van der Waals surface area contributed by atoms with Gasteiger partial charge in [0.05, 0.1) is 13.2 Å². The third kappa shape index (κ3) is 2.62. The van der Waals surface area contributed by atoms with Crippen LogP contribution in [0.15, 0.2) is 30.3 Å². The summed E-state index contributed by atoms with van der Waals surface area (Å²) in [6, 6.07) is 11.8. The standard InChI is InChI=1S/C17H23NO2/c1-2-4-13(5-3-1)10-15-11-17(19-8-9-20-17)12-16(18-15)14-6-7-14/h1-5,14-16,18H,6-12H2. The first-order valence-electron chi connectivity index (χ1n) is 7.91. The van der Waals surface area contributed by atoms with Crippen molar-refractivity contribution in [1.29, 1.82) is 0 Å². The predicted molar refractivity (Wildman–Crippen MR) is 77.5 cm³/mol. The van der Waals surface area contributed by atoms with E-state index in [0.717, 1.165) is 38.4 Å². The van der Waals surface area contributed by atoms with Crippen LogP contribution in [0, 0.1) is 5.92 Å². The number of nitrogens with one attached hydrogen (secondary N) is 1. The summed E-state index contributed by atoms with van der Waals surface area (Å²) in [5.74, 6) is 0.552. The van der Waals surface area contributed by atoms with E-state index in [-0.39, 0.29) is 5.79 Å². The Labute approximate surface area is 120 Å². The summed E-state index contributed by atoms with van der Waals surface area (Å²) in [5, 5.41) is 3.86. The molecule has 0 bridgehead atoms. The van der Waals surface area contributed by atoms with Gasteiger partial charge in [-0.15, -0.1) is 0 Å². The average Bonchev–Trinajstić information content (AvgIpc) is 3.23. The molecular formula is C17H23NO2. The molecule has 2 aliphatic heterocycles. The monoisotopic (exact) mass is 273 g/mol. The summed E-state index contributed by atoms with van der Waals surface area (Å²) in [6.07, 6.45) is 5.81. The van der Waals surface area contributed by atoms with Crippen molar-refractivity contribution >= 4 is 0 Å². The van der Waals surface area contributed by atoms with E-state index in [0.29, 0.717) is 12.1 Å². The summed E-state index contributed by atoms with van der Waals surface area (Å²) in [7, 11) is 0. The largest absolute Gasteiger partial charge is 0.347 e. The van der Waals surface area contributed by atoms with Gasteiger partial charge in [0.15, 0.2) is 5.79 Å². The zero-order valence-electron chi connectivity index (χ0n) is 11.9. The summed E-state index contributed by atoms with van der Waals surface area (Å²) in [6.45, 7) is 1.52. The van der Waals surface area contributed by atoms with Gasteiger partial charge in [-0.2, -0.15) is 0 Å². The maximum absolute atomic E-state index is 6.00. The highest BCUT2D eigenvalue weighted by molar-refractivity contribution is 5.17. The molecule has 2 atom stereocenters. The molecule has 1 N–H and O–H groups in total. The van der Waals surface area contributed by atoms with Crippen LogP contribution in [-0.4, -0.2) is 31.1 Å². The van der Waals surface area contributed by atoms with E-state index >= 15 is 0 Å². The van der Waals surface area contributed by atoms with Gasteiger partial charge in [0, 0.05) is 24.9 Å². The minimum absolute atomic E-state index is 0.294. The molecule has 2 saturated heterocycles. The number of hydrogen-bond acceptors (Lipinski definition) is 3. The lowest BCUT2D eigenvalue weighted by Gasteiger charge is -2.42. The number of hydrogen-bond donors (Lipinski definition) is 1. The van der Waals surface area contributed by atoms with E-state index in [9.17, 15) is 0 Å². The Bertz CT molecular complexity index is 451. The SMILES string of the molecule is c1ccc(CC2CC3(CC(C4CC4)N2)OCCO3)cc1. The van der Waals surface area contributed by atoms with Crippen LogP contribution in [0.25, 0.3) is 0 Å². The van der Waals surface area contributed by atoms with E-state index in [2.05, 4.69) is 35.6 Å². The van der Waals surface area contributed by atoms with Crippen molar-refractivity contribution in [2.75, 3.05) is 13.2 Å². The fraction of sp³-hybridized carbons (Fsp3) is 0.647. The van der Waals surface area contributed by atoms with Crippen molar-refractivity contribution in [2.45, 2.75) is 50.0 Å². The molecule has 108 valence electrons. The van der Waals surface area contributed by atoms with Gasteiger partial charge < -0.3 is 14.8 Å². The number of rotatable bonds is 3. The molecule has 2 unspecified atom stereocenters. The van der Waals surface area contributed by atoms with Crippen molar-refractivity contribution in [2.24, 2.45) is 5.92 Å². The molecule has 0 amide bonds. The number of ether oxygens (including phenoxy) is 2. The molecular weight excluding hydrogens is 250 g/mol. The second-order valence-corrected chi connectivity index (χ2v) is 6.51. The third-order valence-electron chi connectivity index (χ3n) is 4.87. The normalized spacial score (nSPS) is 32.6. The molecule has 4 rings (SSSR count). The molecule has 3 fully saturated rings. The van der Waals surface area contributed by atoms with E-state index in [1.54, 1.807) is 0 Å². The Kier molecular flexibility index (Phi) is 3.29.